The summed E-state index contributed by atoms with van der Waals surface area (Å²) < 4.78 is 0. The Balaban J connectivity index is 1.30. The van der Waals surface area contributed by atoms with E-state index in [9.17, 15) is 0 Å². The van der Waals surface area contributed by atoms with Crippen molar-refractivity contribution < 1.29 is 0 Å². The van der Waals surface area contributed by atoms with Gasteiger partial charge in [-0.1, -0.05) is 164 Å². The first-order chi connectivity index (χ1) is 25.3. The fraction of sp³-hybridized carbons (Fsp3) is 0.102. The second-order valence-corrected chi connectivity index (χ2v) is 13.1. The van der Waals surface area contributed by atoms with E-state index >= 15 is 0 Å². The van der Waals surface area contributed by atoms with Crippen LogP contribution in [0.2, 0.25) is 0 Å². The molecule has 6 aromatic rings. The predicted octanol–water partition coefficient (Wildman–Crippen LogP) is 12.9. The molecule has 246 valence electrons. The van der Waals surface area contributed by atoms with E-state index in [4.69, 9.17) is 9.98 Å². The van der Waals surface area contributed by atoms with Crippen LogP contribution < -0.4 is 0 Å². The molecule has 2 aliphatic rings. The van der Waals surface area contributed by atoms with Crippen molar-refractivity contribution in [2.24, 2.45) is 9.98 Å². The maximum atomic E-state index is 5.41. The first-order valence-corrected chi connectivity index (χ1v) is 17.9. The summed E-state index contributed by atoms with van der Waals surface area (Å²) in [5, 5.41) is 2.31. The van der Waals surface area contributed by atoms with Crippen LogP contribution in [-0.2, 0) is 0 Å². The fourth-order valence-electron chi connectivity index (χ4n) is 7.41. The number of aliphatic imine (C=N–C) groups is 2. The number of amidine groups is 1. The minimum atomic E-state index is 0.744. The van der Waals surface area contributed by atoms with Gasteiger partial charge in [0.1, 0.15) is 0 Å². The number of rotatable bonds is 7. The van der Waals surface area contributed by atoms with Gasteiger partial charge in [-0.25, -0.2) is 4.99 Å². The van der Waals surface area contributed by atoms with Gasteiger partial charge in [-0.05, 0) is 104 Å². The Labute approximate surface area is 301 Å². The molecule has 0 aromatic heterocycles. The number of hydrogen-bond acceptors (Lipinski definition) is 1. The maximum Gasteiger partial charge on any atom is 0.155 e. The molecular formula is C49H40N2. The molecule has 0 saturated heterocycles. The van der Waals surface area contributed by atoms with Gasteiger partial charge in [0, 0.05) is 12.6 Å². The highest BCUT2D eigenvalue weighted by Gasteiger charge is 2.19. The first kappa shape index (κ1) is 32.1. The van der Waals surface area contributed by atoms with Crippen LogP contribution >= 0.6 is 0 Å². The number of fused-ring (bicyclic) bond motifs is 1. The zero-order valence-corrected chi connectivity index (χ0v) is 29.0. The Morgan fingerprint density at radius 1 is 0.549 bits per heavy atom. The van der Waals surface area contributed by atoms with E-state index in [-0.39, 0.29) is 0 Å². The molecule has 0 atom stereocenters. The van der Waals surface area contributed by atoms with Gasteiger partial charge in [-0.15, -0.1) is 0 Å². The normalized spacial score (nSPS) is 14.8. The summed E-state index contributed by atoms with van der Waals surface area (Å²) in [5.41, 5.74) is 14.1. The molecule has 0 spiro atoms. The van der Waals surface area contributed by atoms with E-state index in [0.717, 1.165) is 59.1 Å². The van der Waals surface area contributed by atoms with Crippen molar-refractivity contribution in [2.75, 3.05) is 7.05 Å². The largest absolute Gasteiger partial charge is 0.270 e. The summed E-state index contributed by atoms with van der Waals surface area (Å²) in [4.78, 5) is 10.3. The van der Waals surface area contributed by atoms with E-state index < -0.39 is 0 Å². The molecule has 0 amide bonds. The van der Waals surface area contributed by atoms with Gasteiger partial charge in [0.15, 0.2) is 5.84 Å². The van der Waals surface area contributed by atoms with Crippen molar-refractivity contribution in [3.63, 3.8) is 0 Å². The van der Waals surface area contributed by atoms with E-state index in [1.54, 1.807) is 0 Å². The lowest BCUT2D eigenvalue weighted by Crippen LogP contribution is -2.12. The van der Waals surface area contributed by atoms with Crippen LogP contribution in [0.5, 0.6) is 0 Å². The fourth-order valence-corrected chi connectivity index (χ4v) is 7.41. The highest BCUT2D eigenvalue weighted by atomic mass is 14.9. The van der Waals surface area contributed by atoms with Crippen molar-refractivity contribution in [2.45, 2.75) is 25.7 Å². The van der Waals surface area contributed by atoms with Crippen molar-refractivity contribution in [1.82, 2.24) is 0 Å². The van der Waals surface area contributed by atoms with Crippen LogP contribution in [0.25, 0.3) is 55.3 Å². The number of hydrogen-bond donors (Lipinski definition) is 0. The second-order valence-electron chi connectivity index (χ2n) is 13.1. The third-order valence-corrected chi connectivity index (χ3v) is 9.88. The molecule has 2 heteroatoms. The summed E-state index contributed by atoms with van der Waals surface area (Å²) in [5.74, 6) is 0.744. The average molecular weight is 657 g/mol. The Morgan fingerprint density at radius 2 is 1.16 bits per heavy atom. The highest BCUT2D eigenvalue weighted by molar-refractivity contribution is 6.23. The highest BCUT2D eigenvalue weighted by Crippen LogP contribution is 2.42. The smallest absolute Gasteiger partial charge is 0.155 e. The maximum absolute atomic E-state index is 5.41. The predicted molar refractivity (Wildman–Crippen MR) is 219 cm³/mol. The van der Waals surface area contributed by atoms with Crippen molar-refractivity contribution in [3.8, 4) is 44.5 Å². The van der Waals surface area contributed by atoms with Crippen LogP contribution in [-0.4, -0.2) is 18.6 Å². The van der Waals surface area contributed by atoms with E-state index in [0.29, 0.717) is 0 Å². The van der Waals surface area contributed by atoms with Gasteiger partial charge in [0.05, 0.1) is 5.71 Å². The molecule has 0 aliphatic heterocycles. The molecule has 51 heavy (non-hydrogen) atoms. The Morgan fingerprint density at radius 3 is 1.78 bits per heavy atom. The summed E-state index contributed by atoms with van der Waals surface area (Å²) in [7, 11) is 1.87. The van der Waals surface area contributed by atoms with Crippen LogP contribution in [0, 0.1) is 0 Å². The molecule has 0 saturated carbocycles. The average Bonchev–Trinajstić information content (AvgIpc) is 3.22. The Hall–Kier alpha value is -6.12. The molecule has 0 N–H and O–H groups in total. The molecule has 0 radical (unpaired) electrons. The van der Waals surface area contributed by atoms with Gasteiger partial charge in [0.25, 0.3) is 0 Å². The molecule has 2 aliphatic carbocycles. The number of nitrogens with zero attached hydrogens (tertiary/aromatic N) is 2. The summed E-state index contributed by atoms with van der Waals surface area (Å²) >= 11 is 0. The van der Waals surface area contributed by atoms with Gasteiger partial charge in [-0.3, -0.25) is 4.99 Å². The summed E-state index contributed by atoms with van der Waals surface area (Å²) in [6.45, 7) is 0. The molecule has 0 fully saturated rings. The van der Waals surface area contributed by atoms with Crippen LogP contribution in [0.15, 0.2) is 197 Å². The Bertz CT molecular complexity index is 2420. The lowest BCUT2D eigenvalue weighted by molar-refractivity contribution is 0.997. The van der Waals surface area contributed by atoms with Gasteiger partial charge in [0.2, 0.25) is 0 Å². The summed E-state index contributed by atoms with van der Waals surface area (Å²) in [6.07, 6.45) is 17.5. The topological polar surface area (TPSA) is 24.7 Å². The quantitative estimate of drug-likeness (QED) is 0.121. The van der Waals surface area contributed by atoms with Crippen molar-refractivity contribution in [1.29, 1.82) is 0 Å². The van der Waals surface area contributed by atoms with Gasteiger partial charge >= 0.3 is 0 Å². The minimum Gasteiger partial charge on any atom is -0.270 e. The lowest BCUT2D eigenvalue weighted by atomic mass is 9.86. The molecule has 0 unspecified atom stereocenters. The SMILES string of the molecule is C/N=C(\N=C(\C1=CCCC=C1)C1=CC=CCC1)c1cc(-c2ccccc2-c2ccccc2-c2ccccc2-c2ccccc2)cc2ccccc12. The van der Waals surface area contributed by atoms with Crippen LogP contribution in [0.1, 0.15) is 31.2 Å². The minimum absolute atomic E-state index is 0.744. The molecule has 8 rings (SSSR count). The molecule has 6 aromatic carbocycles. The summed E-state index contributed by atoms with van der Waals surface area (Å²) in [6, 6.07) is 50.2. The standard InChI is InChI=1S/C49H40N2/c1-50-49(51-48(36-21-7-3-8-22-36)37-23-9-4-10-24-37)47-34-39(33-38-25-11-12-27-41(38)47)42-28-14-16-30-44(42)46-32-18-17-31-45(46)43-29-15-13-26-40(43)35-19-5-2-6-20-35/h2-3,5-7,9,11-21,23-34H,4,8,10,22H2,1H3/b50-49-,51-48+. The van der Waals surface area contributed by atoms with Crippen molar-refractivity contribution >= 4 is 22.3 Å². The number of allylic oxidation sites excluding steroid dienone is 8. The first-order valence-electron chi connectivity index (χ1n) is 17.9. The molecule has 0 heterocycles. The monoisotopic (exact) mass is 656 g/mol. The van der Waals surface area contributed by atoms with Gasteiger partial charge < -0.3 is 0 Å². The van der Waals surface area contributed by atoms with E-state index in [2.05, 4.69) is 176 Å². The zero-order valence-electron chi connectivity index (χ0n) is 29.0. The van der Waals surface area contributed by atoms with E-state index in [1.165, 1.54) is 50.1 Å². The zero-order chi connectivity index (χ0) is 34.4. The third-order valence-electron chi connectivity index (χ3n) is 9.88. The molecule has 2 nitrogen and oxygen atoms in total. The van der Waals surface area contributed by atoms with Crippen molar-refractivity contribution in [3.05, 3.63) is 193 Å². The number of benzene rings is 6. The second kappa shape index (κ2) is 14.8. The van der Waals surface area contributed by atoms with Gasteiger partial charge in [-0.2, -0.15) is 0 Å². The molecular weight excluding hydrogens is 617 g/mol. The van der Waals surface area contributed by atoms with Crippen LogP contribution in [0.4, 0.5) is 0 Å². The van der Waals surface area contributed by atoms with E-state index in [1.807, 2.05) is 7.05 Å². The Kier molecular flexibility index (Phi) is 9.31. The third kappa shape index (κ3) is 6.61. The molecule has 0 bridgehead atoms. The van der Waals surface area contributed by atoms with Crippen LogP contribution in [0.3, 0.4) is 0 Å². The lowest BCUT2D eigenvalue weighted by Gasteiger charge is -2.19.